The predicted molar refractivity (Wildman–Crippen MR) is 78.4 cm³/mol. The van der Waals surface area contributed by atoms with Gasteiger partial charge in [-0.05, 0) is 38.1 Å². The topological polar surface area (TPSA) is 65.9 Å². The van der Waals surface area contributed by atoms with E-state index < -0.39 is 6.10 Å². The van der Waals surface area contributed by atoms with Crippen LogP contribution in [0.5, 0.6) is 5.75 Å². The van der Waals surface area contributed by atoms with Crippen molar-refractivity contribution in [2.24, 2.45) is 0 Å². The number of amides is 1. The van der Waals surface area contributed by atoms with Crippen molar-refractivity contribution in [2.45, 2.75) is 25.4 Å². The second-order valence-corrected chi connectivity index (χ2v) is 5.63. The van der Waals surface area contributed by atoms with E-state index in [1.807, 2.05) is 0 Å². The van der Waals surface area contributed by atoms with Gasteiger partial charge in [0.15, 0.2) is 18.2 Å². The highest BCUT2D eigenvalue weighted by Crippen LogP contribution is 2.29. The highest BCUT2D eigenvalue weighted by Gasteiger charge is 2.29. The van der Waals surface area contributed by atoms with Gasteiger partial charge in [-0.1, -0.05) is 6.42 Å². The largest absolute Gasteiger partial charge is 0.480 e. The van der Waals surface area contributed by atoms with Crippen molar-refractivity contribution in [2.75, 3.05) is 37.7 Å². The van der Waals surface area contributed by atoms with Crippen LogP contribution in [-0.2, 0) is 4.79 Å². The quantitative estimate of drug-likeness (QED) is 0.882. The van der Waals surface area contributed by atoms with Gasteiger partial charge < -0.3 is 14.7 Å². The summed E-state index contributed by atoms with van der Waals surface area (Å²) in [5.41, 5.74) is 0. The molecule has 1 fully saturated rings. The minimum Gasteiger partial charge on any atom is -0.480 e. The lowest BCUT2D eigenvalue weighted by Gasteiger charge is -2.32. The lowest BCUT2D eigenvalue weighted by Crippen LogP contribution is -2.47. The van der Waals surface area contributed by atoms with Gasteiger partial charge in [0.05, 0.1) is 12.6 Å². The summed E-state index contributed by atoms with van der Waals surface area (Å²) >= 11 is 0. The number of anilines is 1. The molecule has 1 aromatic rings. The van der Waals surface area contributed by atoms with Crippen molar-refractivity contribution < 1.29 is 14.6 Å². The number of aliphatic hydroxyl groups is 1. The summed E-state index contributed by atoms with van der Waals surface area (Å²) in [6.45, 7) is 2.94. The molecule has 21 heavy (non-hydrogen) atoms. The number of β-amino-alcohol motifs (C(OH)–C–C–N with tert-alkyl or cyclic N) is 1. The number of carbonyl (C=O) groups is 1. The van der Waals surface area contributed by atoms with Crippen LogP contribution < -0.4 is 9.64 Å². The smallest absolute Gasteiger partial charge is 0.266 e. The Morgan fingerprint density at radius 3 is 2.90 bits per heavy atom. The summed E-state index contributed by atoms with van der Waals surface area (Å²) in [5, 5.41) is 10.3. The second-order valence-electron chi connectivity index (χ2n) is 5.63. The van der Waals surface area contributed by atoms with E-state index in [1.54, 1.807) is 18.3 Å². The lowest BCUT2D eigenvalue weighted by molar-refractivity contribution is -0.121. The first-order valence-electron chi connectivity index (χ1n) is 7.52. The SMILES string of the molecule is O=C1COc2cccnc2N1CC(O)CN1CCCCC1. The highest BCUT2D eigenvalue weighted by molar-refractivity contribution is 5.96. The first-order valence-corrected chi connectivity index (χ1v) is 7.52. The van der Waals surface area contributed by atoms with Gasteiger partial charge in [0.25, 0.3) is 5.91 Å². The van der Waals surface area contributed by atoms with Gasteiger partial charge in [-0.3, -0.25) is 9.69 Å². The zero-order chi connectivity index (χ0) is 14.7. The molecule has 114 valence electrons. The maximum absolute atomic E-state index is 12.0. The fraction of sp³-hybridized carbons (Fsp3) is 0.600. The number of hydrogen-bond acceptors (Lipinski definition) is 5. The van der Waals surface area contributed by atoms with Gasteiger partial charge in [0.1, 0.15) is 0 Å². The van der Waals surface area contributed by atoms with Gasteiger partial charge in [-0.25, -0.2) is 4.98 Å². The van der Waals surface area contributed by atoms with E-state index in [1.165, 1.54) is 24.2 Å². The number of nitrogens with zero attached hydrogens (tertiary/aromatic N) is 3. The molecule has 1 unspecified atom stereocenters. The molecule has 2 aliphatic rings. The standard InChI is InChI=1S/C15H21N3O3/c19-12(9-17-7-2-1-3-8-17)10-18-14(20)11-21-13-5-4-6-16-15(13)18/h4-6,12,19H,1-3,7-11H2. The molecular formula is C15H21N3O3. The number of aromatic nitrogens is 1. The van der Waals surface area contributed by atoms with Crippen LogP contribution in [0.1, 0.15) is 19.3 Å². The Kier molecular flexibility index (Phi) is 4.36. The Labute approximate surface area is 124 Å². The van der Waals surface area contributed by atoms with Crippen molar-refractivity contribution in [1.82, 2.24) is 9.88 Å². The number of ether oxygens (including phenoxy) is 1. The number of carbonyl (C=O) groups excluding carboxylic acids is 1. The number of pyridine rings is 1. The molecule has 0 spiro atoms. The molecule has 0 saturated carbocycles. The van der Waals surface area contributed by atoms with Crippen LogP contribution in [0.2, 0.25) is 0 Å². The van der Waals surface area contributed by atoms with E-state index in [0.717, 1.165) is 13.1 Å². The number of fused-ring (bicyclic) bond motifs is 1. The molecule has 1 N–H and O–H groups in total. The normalized spacial score (nSPS) is 20.8. The summed E-state index contributed by atoms with van der Waals surface area (Å²) in [6.07, 6.45) is 4.71. The van der Waals surface area contributed by atoms with E-state index in [2.05, 4.69) is 9.88 Å². The number of piperidine rings is 1. The monoisotopic (exact) mass is 291 g/mol. The first-order chi connectivity index (χ1) is 10.2. The number of aliphatic hydroxyl groups excluding tert-OH is 1. The van der Waals surface area contributed by atoms with E-state index >= 15 is 0 Å². The first kappa shape index (κ1) is 14.3. The Hall–Kier alpha value is -1.66. The maximum atomic E-state index is 12.0. The average Bonchev–Trinajstić information content (AvgIpc) is 2.51. The fourth-order valence-corrected chi connectivity index (χ4v) is 2.93. The second kappa shape index (κ2) is 6.41. The summed E-state index contributed by atoms with van der Waals surface area (Å²) in [4.78, 5) is 20.0. The summed E-state index contributed by atoms with van der Waals surface area (Å²) in [5.74, 6) is 0.951. The molecule has 0 bridgehead atoms. The van der Waals surface area contributed by atoms with E-state index in [9.17, 15) is 9.90 Å². The molecule has 6 heteroatoms. The van der Waals surface area contributed by atoms with Crippen LogP contribution in [0.25, 0.3) is 0 Å². The van der Waals surface area contributed by atoms with Crippen molar-refractivity contribution >= 4 is 11.7 Å². The third-order valence-corrected chi connectivity index (χ3v) is 3.97. The molecule has 3 heterocycles. The molecule has 1 atom stereocenters. The number of rotatable bonds is 4. The Bertz CT molecular complexity index is 503. The van der Waals surface area contributed by atoms with E-state index in [-0.39, 0.29) is 19.1 Å². The average molecular weight is 291 g/mol. The molecule has 3 rings (SSSR count). The number of hydrogen-bond donors (Lipinski definition) is 1. The molecule has 0 aromatic carbocycles. The van der Waals surface area contributed by atoms with Crippen molar-refractivity contribution in [3.8, 4) is 5.75 Å². The van der Waals surface area contributed by atoms with Gasteiger partial charge in [0, 0.05) is 12.7 Å². The molecule has 1 aromatic heterocycles. The van der Waals surface area contributed by atoms with Crippen LogP contribution >= 0.6 is 0 Å². The zero-order valence-corrected chi connectivity index (χ0v) is 12.1. The van der Waals surface area contributed by atoms with E-state index in [4.69, 9.17) is 4.74 Å². The molecule has 1 amide bonds. The molecule has 2 aliphatic heterocycles. The fourth-order valence-electron chi connectivity index (χ4n) is 2.93. The van der Waals surface area contributed by atoms with Gasteiger partial charge in [-0.2, -0.15) is 0 Å². The van der Waals surface area contributed by atoms with Crippen LogP contribution in [0.15, 0.2) is 18.3 Å². The van der Waals surface area contributed by atoms with Gasteiger partial charge in [-0.15, -0.1) is 0 Å². The Morgan fingerprint density at radius 2 is 2.10 bits per heavy atom. The highest BCUT2D eigenvalue weighted by atomic mass is 16.5. The van der Waals surface area contributed by atoms with Crippen LogP contribution in [-0.4, -0.2) is 59.8 Å². The van der Waals surface area contributed by atoms with Crippen molar-refractivity contribution in [3.63, 3.8) is 0 Å². The molecule has 0 aliphatic carbocycles. The van der Waals surface area contributed by atoms with Gasteiger partial charge >= 0.3 is 0 Å². The summed E-state index contributed by atoms with van der Waals surface area (Å²) < 4.78 is 5.35. The van der Waals surface area contributed by atoms with Gasteiger partial charge in [0.2, 0.25) is 0 Å². The van der Waals surface area contributed by atoms with Crippen LogP contribution in [0, 0.1) is 0 Å². The van der Waals surface area contributed by atoms with Crippen LogP contribution in [0.3, 0.4) is 0 Å². The maximum Gasteiger partial charge on any atom is 0.266 e. The molecular weight excluding hydrogens is 270 g/mol. The minimum absolute atomic E-state index is 0.00906. The Balaban J connectivity index is 1.64. The predicted octanol–water partition coefficient (Wildman–Crippen LogP) is 0.654. The molecule has 6 nitrogen and oxygen atoms in total. The summed E-state index contributed by atoms with van der Waals surface area (Å²) in [7, 11) is 0. The lowest BCUT2D eigenvalue weighted by atomic mass is 10.1. The molecule has 0 radical (unpaired) electrons. The Morgan fingerprint density at radius 1 is 1.29 bits per heavy atom. The van der Waals surface area contributed by atoms with E-state index in [0.29, 0.717) is 18.1 Å². The van der Waals surface area contributed by atoms with Crippen molar-refractivity contribution in [1.29, 1.82) is 0 Å². The third kappa shape index (κ3) is 3.33. The van der Waals surface area contributed by atoms with Crippen LogP contribution in [0.4, 0.5) is 5.82 Å². The third-order valence-electron chi connectivity index (χ3n) is 3.97. The minimum atomic E-state index is -0.569. The molecule has 1 saturated heterocycles. The zero-order valence-electron chi connectivity index (χ0n) is 12.1. The van der Waals surface area contributed by atoms with Crippen molar-refractivity contribution in [3.05, 3.63) is 18.3 Å². The number of likely N-dealkylation sites (tertiary alicyclic amines) is 1. The summed E-state index contributed by atoms with van der Waals surface area (Å²) in [6, 6.07) is 3.57.